The van der Waals surface area contributed by atoms with Crippen molar-refractivity contribution in [3.05, 3.63) is 38.9 Å². The van der Waals surface area contributed by atoms with E-state index in [1.165, 1.54) is 9.88 Å². The predicted octanol–water partition coefficient (Wildman–Crippen LogP) is 5.50. The van der Waals surface area contributed by atoms with Crippen LogP contribution in [0.5, 0.6) is 5.88 Å². The van der Waals surface area contributed by atoms with Crippen LogP contribution in [0.3, 0.4) is 0 Å². The number of aryl methyl sites for hydroxylation is 2. The van der Waals surface area contributed by atoms with Crippen LogP contribution in [-0.2, 0) is 17.7 Å². The van der Waals surface area contributed by atoms with Crippen molar-refractivity contribution < 1.29 is 19.1 Å². The molecule has 9 heteroatoms. The molecule has 1 fully saturated rings. The van der Waals surface area contributed by atoms with Crippen molar-refractivity contribution in [1.29, 1.82) is 0 Å². The van der Waals surface area contributed by atoms with Crippen LogP contribution in [-0.4, -0.2) is 71.7 Å². The minimum Gasteiger partial charge on any atom is -0.481 e. The maximum absolute atomic E-state index is 13.7. The third kappa shape index (κ3) is 5.77. The van der Waals surface area contributed by atoms with E-state index in [2.05, 4.69) is 23.7 Å². The van der Waals surface area contributed by atoms with E-state index in [1.54, 1.807) is 18.4 Å². The summed E-state index contributed by atoms with van der Waals surface area (Å²) in [5.74, 6) is 0.683. The van der Waals surface area contributed by atoms with Gasteiger partial charge in [-0.25, -0.2) is 9.78 Å². The molecule has 0 aromatic carbocycles. The zero-order valence-corrected chi connectivity index (χ0v) is 25.0. The molecule has 0 unspecified atom stereocenters. The van der Waals surface area contributed by atoms with E-state index in [4.69, 9.17) is 9.47 Å². The summed E-state index contributed by atoms with van der Waals surface area (Å²) in [7, 11) is 1.63. The molecule has 0 radical (unpaired) electrons. The van der Waals surface area contributed by atoms with Gasteiger partial charge in [0.2, 0.25) is 5.88 Å². The third-order valence-corrected chi connectivity index (χ3v) is 8.83. The van der Waals surface area contributed by atoms with Gasteiger partial charge >= 0.3 is 6.09 Å². The Balaban J connectivity index is 1.50. The van der Waals surface area contributed by atoms with Crippen LogP contribution in [0.25, 0.3) is 0 Å². The number of carbonyl (C=O) groups excluding carboxylic acids is 2. The molecule has 208 valence electrons. The molecule has 8 nitrogen and oxygen atoms in total. The molecule has 1 saturated heterocycles. The van der Waals surface area contributed by atoms with Gasteiger partial charge in [-0.2, -0.15) is 0 Å². The molecule has 2 amide bonds. The van der Waals surface area contributed by atoms with Crippen molar-refractivity contribution in [3.63, 3.8) is 0 Å². The SMILES string of the molecule is CCN(c1sc2c(c1C)C(=O)N(Cc1c(C)cc(C)nc1OC)CC2)C1CCN(C(=O)OC(C)(C)C)CC1. The van der Waals surface area contributed by atoms with Gasteiger partial charge in [0, 0.05) is 54.8 Å². The summed E-state index contributed by atoms with van der Waals surface area (Å²) in [6.07, 6.45) is 2.38. The number of thiophene rings is 1. The van der Waals surface area contributed by atoms with Crippen molar-refractivity contribution >= 4 is 28.3 Å². The summed E-state index contributed by atoms with van der Waals surface area (Å²) in [5.41, 5.74) is 4.40. The molecule has 2 aliphatic heterocycles. The van der Waals surface area contributed by atoms with Gasteiger partial charge in [-0.05, 0) is 78.5 Å². The molecule has 4 rings (SSSR count). The van der Waals surface area contributed by atoms with E-state index in [9.17, 15) is 9.59 Å². The number of pyridine rings is 1. The summed E-state index contributed by atoms with van der Waals surface area (Å²) >= 11 is 1.76. The highest BCUT2D eigenvalue weighted by Gasteiger charge is 2.35. The molecule has 0 bridgehead atoms. The second kappa shape index (κ2) is 11.1. The molecular formula is C29H42N4O4S. The smallest absolute Gasteiger partial charge is 0.410 e. The summed E-state index contributed by atoms with van der Waals surface area (Å²) < 4.78 is 11.1. The highest BCUT2D eigenvalue weighted by molar-refractivity contribution is 7.16. The number of likely N-dealkylation sites (tertiary alicyclic amines) is 1. The molecule has 0 spiro atoms. The van der Waals surface area contributed by atoms with Crippen molar-refractivity contribution in [2.75, 3.05) is 38.2 Å². The molecule has 0 aliphatic carbocycles. The minimum atomic E-state index is -0.489. The number of ether oxygens (including phenoxy) is 2. The van der Waals surface area contributed by atoms with E-state index in [0.717, 1.165) is 53.8 Å². The van der Waals surface area contributed by atoms with Gasteiger partial charge in [0.25, 0.3) is 5.91 Å². The fourth-order valence-corrected chi connectivity index (χ4v) is 6.99. The van der Waals surface area contributed by atoms with Gasteiger partial charge in [-0.15, -0.1) is 11.3 Å². The number of hydrogen-bond acceptors (Lipinski definition) is 7. The number of fused-ring (bicyclic) bond motifs is 1. The van der Waals surface area contributed by atoms with E-state index in [-0.39, 0.29) is 12.0 Å². The Morgan fingerprint density at radius 2 is 1.87 bits per heavy atom. The van der Waals surface area contributed by atoms with E-state index in [1.807, 2.05) is 50.5 Å². The van der Waals surface area contributed by atoms with Crippen molar-refractivity contribution in [2.45, 2.75) is 85.9 Å². The fraction of sp³-hybridized carbons (Fsp3) is 0.621. The standard InChI is InChI=1S/C29H42N4O4S/c1-9-33(21-10-13-31(14-11-21)28(35)37-29(5,6)7)27-20(4)24-23(38-27)12-15-32(26(24)34)17-22-18(2)16-19(3)30-25(22)36-8/h16,21H,9-15,17H2,1-8H3. The molecule has 2 aliphatic rings. The van der Waals surface area contributed by atoms with Crippen molar-refractivity contribution in [2.24, 2.45) is 0 Å². The fourth-order valence-electron chi connectivity index (χ4n) is 5.57. The normalized spacial score (nSPS) is 16.5. The van der Waals surface area contributed by atoms with E-state index in [0.29, 0.717) is 38.1 Å². The predicted molar refractivity (Wildman–Crippen MR) is 152 cm³/mol. The number of nitrogens with zero attached hydrogens (tertiary/aromatic N) is 4. The van der Waals surface area contributed by atoms with Gasteiger partial charge < -0.3 is 24.2 Å². The van der Waals surface area contributed by atoms with Crippen LogP contribution in [0.2, 0.25) is 0 Å². The van der Waals surface area contributed by atoms with Crippen LogP contribution in [0.15, 0.2) is 6.07 Å². The third-order valence-electron chi connectivity index (χ3n) is 7.44. The Morgan fingerprint density at radius 1 is 1.18 bits per heavy atom. The second-order valence-corrected chi connectivity index (χ2v) is 12.4. The van der Waals surface area contributed by atoms with Crippen molar-refractivity contribution in [1.82, 2.24) is 14.8 Å². The highest BCUT2D eigenvalue weighted by Crippen LogP contribution is 2.41. The number of methoxy groups -OCH3 is 1. The number of piperidine rings is 1. The monoisotopic (exact) mass is 542 g/mol. The Labute approximate surface area is 230 Å². The maximum Gasteiger partial charge on any atom is 0.410 e. The van der Waals surface area contributed by atoms with Crippen molar-refractivity contribution in [3.8, 4) is 5.88 Å². The van der Waals surface area contributed by atoms with E-state index < -0.39 is 5.60 Å². The highest BCUT2D eigenvalue weighted by atomic mass is 32.1. The zero-order chi connectivity index (χ0) is 27.8. The first-order valence-corrected chi connectivity index (χ1v) is 14.4. The lowest BCUT2D eigenvalue weighted by molar-refractivity contribution is 0.0204. The number of anilines is 1. The molecule has 38 heavy (non-hydrogen) atoms. The van der Waals surface area contributed by atoms with Gasteiger partial charge in [0.05, 0.1) is 24.2 Å². The lowest BCUT2D eigenvalue weighted by Gasteiger charge is -2.39. The number of carbonyl (C=O) groups is 2. The summed E-state index contributed by atoms with van der Waals surface area (Å²) in [4.78, 5) is 38.2. The molecule has 0 atom stereocenters. The molecular weight excluding hydrogens is 500 g/mol. The lowest BCUT2D eigenvalue weighted by Crippen LogP contribution is -2.48. The van der Waals surface area contributed by atoms with Crippen LogP contribution in [0, 0.1) is 20.8 Å². The maximum atomic E-state index is 13.7. The topological polar surface area (TPSA) is 75.2 Å². The second-order valence-electron chi connectivity index (χ2n) is 11.4. The van der Waals surface area contributed by atoms with E-state index >= 15 is 0 Å². The molecule has 2 aromatic heterocycles. The number of amides is 2. The zero-order valence-electron chi connectivity index (χ0n) is 24.1. The summed E-state index contributed by atoms with van der Waals surface area (Å²) in [6.45, 7) is 17.4. The Hall–Kier alpha value is -2.81. The van der Waals surface area contributed by atoms with Crippen LogP contribution >= 0.6 is 11.3 Å². The van der Waals surface area contributed by atoms with Gasteiger partial charge in [-0.3, -0.25) is 4.79 Å². The lowest BCUT2D eigenvalue weighted by atomic mass is 10.0. The van der Waals surface area contributed by atoms with Gasteiger partial charge in [-0.1, -0.05) is 0 Å². The molecule has 0 N–H and O–H groups in total. The number of hydrogen-bond donors (Lipinski definition) is 0. The van der Waals surface area contributed by atoms with Crippen LogP contribution < -0.4 is 9.64 Å². The Bertz CT molecular complexity index is 1190. The summed E-state index contributed by atoms with van der Waals surface area (Å²) in [6, 6.07) is 2.37. The number of rotatable bonds is 6. The van der Waals surface area contributed by atoms with Crippen LogP contribution in [0.4, 0.5) is 9.80 Å². The first-order chi connectivity index (χ1) is 17.9. The molecule has 0 saturated carbocycles. The first kappa shape index (κ1) is 28.2. The summed E-state index contributed by atoms with van der Waals surface area (Å²) in [5, 5.41) is 1.19. The number of aromatic nitrogens is 1. The Kier molecular flexibility index (Phi) is 8.26. The minimum absolute atomic E-state index is 0.0871. The molecule has 4 heterocycles. The quantitative estimate of drug-likeness (QED) is 0.480. The molecule has 2 aromatic rings. The largest absolute Gasteiger partial charge is 0.481 e. The first-order valence-electron chi connectivity index (χ1n) is 13.6. The average Bonchev–Trinajstić information content (AvgIpc) is 3.18. The average molecular weight is 543 g/mol. The van der Waals surface area contributed by atoms with Crippen LogP contribution in [0.1, 0.15) is 78.2 Å². The Morgan fingerprint density at radius 3 is 2.47 bits per heavy atom. The van der Waals surface area contributed by atoms with Gasteiger partial charge in [0.1, 0.15) is 5.60 Å². The van der Waals surface area contributed by atoms with Gasteiger partial charge in [0.15, 0.2) is 0 Å².